The van der Waals surface area contributed by atoms with Crippen LogP contribution in [0.5, 0.6) is 11.5 Å². The van der Waals surface area contributed by atoms with Gasteiger partial charge in [-0.1, -0.05) is 0 Å². The van der Waals surface area contributed by atoms with Crippen molar-refractivity contribution in [3.05, 3.63) is 17.9 Å². The number of nitrogens with one attached hydrogen (secondary N) is 1. The topological polar surface area (TPSA) is 90.7 Å². The molecule has 0 saturated heterocycles. The first kappa shape index (κ1) is 15.7. The molecular formula is C11H17FN2O4S. The first-order chi connectivity index (χ1) is 8.85. The van der Waals surface area contributed by atoms with Crippen LogP contribution >= 0.6 is 0 Å². The van der Waals surface area contributed by atoms with Crippen LogP contribution in [0.15, 0.2) is 17.0 Å². The number of sulfonamides is 1. The summed E-state index contributed by atoms with van der Waals surface area (Å²) in [5.41, 5.74) is 5.33. The number of rotatable bonds is 6. The third-order valence-electron chi connectivity index (χ3n) is 2.44. The van der Waals surface area contributed by atoms with Gasteiger partial charge in [0.05, 0.1) is 14.2 Å². The maximum atomic E-state index is 13.8. The zero-order valence-corrected chi connectivity index (χ0v) is 11.8. The molecule has 0 bridgehead atoms. The van der Waals surface area contributed by atoms with Crippen LogP contribution in [0.4, 0.5) is 4.39 Å². The molecule has 0 aliphatic heterocycles. The first-order valence-corrected chi connectivity index (χ1v) is 6.98. The minimum atomic E-state index is -4.00. The van der Waals surface area contributed by atoms with E-state index < -0.39 is 26.8 Å². The summed E-state index contributed by atoms with van der Waals surface area (Å²) >= 11 is 0. The van der Waals surface area contributed by atoms with E-state index in [1.165, 1.54) is 14.2 Å². The fourth-order valence-corrected chi connectivity index (χ4v) is 2.75. The predicted octanol–water partition coefficient (Wildman–Crippen LogP) is 0.468. The minimum Gasteiger partial charge on any atom is -0.493 e. The Morgan fingerprint density at radius 3 is 2.32 bits per heavy atom. The molecule has 0 heterocycles. The highest BCUT2D eigenvalue weighted by atomic mass is 32.2. The fraction of sp³-hybridized carbons (Fsp3) is 0.455. The normalized spacial score (nSPS) is 13.1. The summed E-state index contributed by atoms with van der Waals surface area (Å²) in [6.07, 6.45) is 0. The van der Waals surface area contributed by atoms with Gasteiger partial charge in [-0.2, -0.15) is 0 Å². The van der Waals surface area contributed by atoms with Crippen molar-refractivity contribution in [2.45, 2.75) is 17.9 Å². The zero-order chi connectivity index (χ0) is 14.6. The summed E-state index contributed by atoms with van der Waals surface area (Å²) in [5, 5.41) is 0. The average Bonchev–Trinajstić information content (AvgIpc) is 2.37. The van der Waals surface area contributed by atoms with Gasteiger partial charge in [0.15, 0.2) is 11.5 Å². The summed E-state index contributed by atoms with van der Waals surface area (Å²) < 4.78 is 49.9. The molecule has 8 heteroatoms. The van der Waals surface area contributed by atoms with Gasteiger partial charge in [0.1, 0.15) is 10.7 Å². The SMILES string of the molecule is COc1cc(F)c(S(=O)(=O)N[C@@H](C)CN)cc1OC. The Morgan fingerprint density at radius 2 is 1.84 bits per heavy atom. The largest absolute Gasteiger partial charge is 0.493 e. The van der Waals surface area contributed by atoms with Gasteiger partial charge in [-0.3, -0.25) is 0 Å². The third kappa shape index (κ3) is 3.55. The minimum absolute atomic E-state index is 0.105. The van der Waals surface area contributed by atoms with Crippen LogP contribution in [-0.4, -0.2) is 35.2 Å². The van der Waals surface area contributed by atoms with Crippen molar-refractivity contribution in [1.29, 1.82) is 0 Å². The number of ether oxygens (including phenoxy) is 2. The van der Waals surface area contributed by atoms with Gasteiger partial charge in [0.2, 0.25) is 10.0 Å². The van der Waals surface area contributed by atoms with Crippen molar-refractivity contribution < 1.29 is 22.3 Å². The van der Waals surface area contributed by atoms with Gasteiger partial charge in [0, 0.05) is 24.7 Å². The Kier molecular flexibility index (Phi) is 5.10. The van der Waals surface area contributed by atoms with Crippen molar-refractivity contribution in [2.24, 2.45) is 5.73 Å². The van der Waals surface area contributed by atoms with Crippen molar-refractivity contribution >= 4 is 10.0 Å². The molecule has 0 unspecified atom stereocenters. The molecule has 0 spiro atoms. The number of halogens is 1. The number of hydrogen-bond acceptors (Lipinski definition) is 5. The van der Waals surface area contributed by atoms with Crippen LogP contribution in [0.3, 0.4) is 0 Å². The molecule has 0 aliphatic carbocycles. The molecule has 1 aromatic rings. The molecule has 19 heavy (non-hydrogen) atoms. The molecule has 0 aromatic heterocycles. The molecule has 0 aliphatic rings. The van der Waals surface area contributed by atoms with Crippen LogP contribution in [0.1, 0.15) is 6.92 Å². The van der Waals surface area contributed by atoms with Crippen LogP contribution < -0.4 is 19.9 Å². The lowest BCUT2D eigenvalue weighted by Gasteiger charge is -2.14. The number of nitrogens with two attached hydrogens (primary N) is 1. The van der Waals surface area contributed by atoms with Gasteiger partial charge < -0.3 is 15.2 Å². The van der Waals surface area contributed by atoms with Gasteiger partial charge in [-0.05, 0) is 6.92 Å². The zero-order valence-electron chi connectivity index (χ0n) is 10.9. The Morgan fingerprint density at radius 1 is 1.32 bits per heavy atom. The molecule has 0 radical (unpaired) electrons. The van der Waals surface area contributed by atoms with E-state index in [4.69, 9.17) is 15.2 Å². The molecule has 108 valence electrons. The predicted molar refractivity (Wildman–Crippen MR) is 68.3 cm³/mol. The third-order valence-corrected chi connectivity index (χ3v) is 4.04. The standard InChI is InChI=1S/C11H17FN2O4S/c1-7(6-13)14-19(15,16)11-5-10(18-3)9(17-2)4-8(11)12/h4-5,7,14H,6,13H2,1-3H3/t7-/m0/s1. The van der Waals surface area contributed by atoms with E-state index in [2.05, 4.69) is 4.72 Å². The second kappa shape index (κ2) is 6.18. The molecule has 1 rings (SSSR count). The van der Waals surface area contributed by atoms with Crippen molar-refractivity contribution in [3.63, 3.8) is 0 Å². The molecule has 0 amide bonds. The summed E-state index contributed by atoms with van der Waals surface area (Å²) in [5.74, 6) is -0.676. The molecule has 1 atom stereocenters. The van der Waals surface area contributed by atoms with Crippen molar-refractivity contribution in [3.8, 4) is 11.5 Å². The lowest BCUT2D eigenvalue weighted by Crippen LogP contribution is -2.38. The Labute approximate surface area is 111 Å². The summed E-state index contributed by atoms with van der Waals surface area (Å²) in [7, 11) is -1.33. The van der Waals surface area contributed by atoms with E-state index in [-0.39, 0.29) is 18.0 Å². The second-order valence-electron chi connectivity index (χ2n) is 3.90. The quantitative estimate of drug-likeness (QED) is 0.795. The number of benzene rings is 1. The lowest BCUT2D eigenvalue weighted by atomic mass is 10.3. The summed E-state index contributed by atoms with van der Waals surface area (Å²) in [6.45, 7) is 1.68. The Bertz CT molecular complexity index is 548. The van der Waals surface area contributed by atoms with E-state index in [1.54, 1.807) is 6.92 Å². The fourth-order valence-electron chi connectivity index (χ4n) is 1.42. The number of hydrogen-bond donors (Lipinski definition) is 2. The van der Waals surface area contributed by atoms with Gasteiger partial charge in [-0.15, -0.1) is 0 Å². The van der Waals surface area contributed by atoms with E-state index in [1.807, 2.05) is 0 Å². The smallest absolute Gasteiger partial charge is 0.243 e. The second-order valence-corrected chi connectivity index (χ2v) is 5.58. The molecule has 0 fully saturated rings. The van der Waals surface area contributed by atoms with Crippen LogP contribution in [-0.2, 0) is 10.0 Å². The van der Waals surface area contributed by atoms with Crippen molar-refractivity contribution in [2.75, 3.05) is 20.8 Å². The molecule has 0 saturated carbocycles. The highest BCUT2D eigenvalue weighted by Crippen LogP contribution is 2.31. The molecule has 1 aromatic carbocycles. The monoisotopic (exact) mass is 292 g/mol. The van der Waals surface area contributed by atoms with Gasteiger partial charge in [-0.25, -0.2) is 17.5 Å². The lowest BCUT2D eigenvalue weighted by molar-refractivity contribution is 0.350. The molecule has 6 nitrogen and oxygen atoms in total. The summed E-state index contributed by atoms with van der Waals surface area (Å²) in [4.78, 5) is -0.509. The highest BCUT2D eigenvalue weighted by molar-refractivity contribution is 7.89. The molecular weight excluding hydrogens is 275 g/mol. The Hall–Kier alpha value is -1.38. The van der Waals surface area contributed by atoms with Crippen LogP contribution in [0, 0.1) is 5.82 Å². The van der Waals surface area contributed by atoms with Crippen LogP contribution in [0.2, 0.25) is 0 Å². The molecule has 3 N–H and O–H groups in total. The van der Waals surface area contributed by atoms with E-state index in [9.17, 15) is 12.8 Å². The van der Waals surface area contributed by atoms with Crippen LogP contribution in [0.25, 0.3) is 0 Å². The Balaban J connectivity index is 3.27. The summed E-state index contributed by atoms with van der Waals surface area (Å²) in [6, 6.07) is 1.53. The van der Waals surface area contributed by atoms with Gasteiger partial charge >= 0.3 is 0 Å². The first-order valence-electron chi connectivity index (χ1n) is 5.49. The van der Waals surface area contributed by atoms with E-state index in [0.29, 0.717) is 0 Å². The highest BCUT2D eigenvalue weighted by Gasteiger charge is 2.23. The van der Waals surface area contributed by atoms with Crippen molar-refractivity contribution in [1.82, 2.24) is 4.72 Å². The maximum absolute atomic E-state index is 13.8. The maximum Gasteiger partial charge on any atom is 0.243 e. The number of methoxy groups -OCH3 is 2. The van der Waals surface area contributed by atoms with E-state index >= 15 is 0 Å². The van der Waals surface area contributed by atoms with E-state index in [0.717, 1.165) is 12.1 Å². The van der Waals surface area contributed by atoms with Gasteiger partial charge in [0.25, 0.3) is 0 Å². The average molecular weight is 292 g/mol.